The van der Waals surface area contributed by atoms with Crippen molar-refractivity contribution in [2.45, 2.75) is 43.5 Å². The first-order chi connectivity index (χ1) is 9.25. The molecule has 0 heterocycles. The SMILES string of the molecule is CN(CC(Cl)COc1ccccc1)C1CCCCC1. The van der Waals surface area contributed by atoms with E-state index in [1.165, 1.54) is 32.1 Å². The first-order valence-corrected chi connectivity index (χ1v) is 7.71. The highest BCUT2D eigenvalue weighted by Gasteiger charge is 2.20. The van der Waals surface area contributed by atoms with E-state index in [4.69, 9.17) is 16.3 Å². The second-order valence-corrected chi connectivity index (χ2v) is 6.07. The molecule has 3 heteroatoms. The minimum Gasteiger partial charge on any atom is -0.492 e. The zero-order valence-electron chi connectivity index (χ0n) is 11.7. The van der Waals surface area contributed by atoms with Gasteiger partial charge in [0.25, 0.3) is 0 Å². The van der Waals surface area contributed by atoms with Crippen molar-refractivity contribution in [2.24, 2.45) is 0 Å². The summed E-state index contributed by atoms with van der Waals surface area (Å²) in [6.45, 7) is 1.47. The second kappa shape index (κ2) is 7.76. The van der Waals surface area contributed by atoms with Gasteiger partial charge in [-0.3, -0.25) is 0 Å². The predicted octanol–water partition coefficient (Wildman–Crippen LogP) is 3.94. The van der Waals surface area contributed by atoms with Gasteiger partial charge in [0, 0.05) is 12.6 Å². The highest BCUT2D eigenvalue weighted by Crippen LogP contribution is 2.22. The standard InChI is InChI=1S/C16H24ClNO/c1-18(15-8-4-2-5-9-15)12-14(17)13-19-16-10-6-3-7-11-16/h3,6-7,10-11,14-15H,2,4-5,8-9,12-13H2,1H3. The van der Waals surface area contributed by atoms with Crippen LogP contribution in [0.4, 0.5) is 0 Å². The molecule has 0 bridgehead atoms. The van der Waals surface area contributed by atoms with Gasteiger partial charge in [0.05, 0.1) is 5.38 Å². The van der Waals surface area contributed by atoms with E-state index in [0.717, 1.165) is 12.3 Å². The van der Waals surface area contributed by atoms with Crippen molar-refractivity contribution in [3.8, 4) is 5.75 Å². The number of alkyl halides is 1. The maximum atomic E-state index is 6.38. The molecule has 0 aromatic heterocycles. The van der Waals surface area contributed by atoms with Gasteiger partial charge in [0.2, 0.25) is 0 Å². The van der Waals surface area contributed by atoms with Crippen LogP contribution in [0.15, 0.2) is 30.3 Å². The summed E-state index contributed by atoms with van der Waals surface area (Å²) in [5, 5.41) is 0.0483. The number of hydrogen-bond donors (Lipinski definition) is 0. The van der Waals surface area contributed by atoms with Crippen LogP contribution in [-0.4, -0.2) is 36.5 Å². The van der Waals surface area contributed by atoms with Crippen molar-refractivity contribution in [3.05, 3.63) is 30.3 Å². The van der Waals surface area contributed by atoms with E-state index in [2.05, 4.69) is 11.9 Å². The van der Waals surface area contributed by atoms with Crippen molar-refractivity contribution in [1.29, 1.82) is 0 Å². The first kappa shape index (κ1) is 14.7. The molecule has 1 fully saturated rings. The Labute approximate surface area is 121 Å². The van der Waals surface area contributed by atoms with Crippen molar-refractivity contribution < 1.29 is 4.74 Å². The molecule has 2 rings (SSSR count). The minimum atomic E-state index is 0.0483. The summed E-state index contributed by atoms with van der Waals surface area (Å²) in [5.74, 6) is 0.897. The Morgan fingerprint density at radius 3 is 2.58 bits per heavy atom. The molecule has 1 atom stereocenters. The van der Waals surface area contributed by atoms with Gasteiger partial charge in [-0.1, -0.05) is 37.5 Å². The van der Waals surface area contributed by atoms with E-state index in [1.807, 2.05) is 30.3 Å². The summed E-state index contributed by atoms with van der Waals surface area (Å²) in [6, 6.07) is 10.6. The Morgan fingerprint density at radius 1 is 1.21 bits per heavy atom. The lowest BCUT2D eigenvalue weighted by molar-refractivity contribution is 0.179. The maximum absolute atomic E-state index is 6.38. The predicted molar refractivity (Wildman–Crippen MR) is 81.1 cm³/mol. The van der Waals surface area contributed by atoms with E-state index in [-0.39, 0.29) is 5.38 Å². The summed E-state index contributed by atoms with van der Waals surface area (Å²) in [6.07, 6.45) is 6.76. The smallest absolute Gasteiger partial charge is 0.119 e. The number of benzene rings is 1. The van der Waals surface area contributed by atoms with E-state index in [9.17, 15) is 0 Å². The molecular formula is C16H24ClNO. The van der Waals surface area contributed by atoms with Gasteiger partial charge in [0.15, 0.2) is 0 Å². The Hall–Kier alpha value is -0.730. The van der Waals surface area contributed by atoms with Crippen LogP contribution in [0.1, 0.15) is 32.1 Å². The third-order valence-corrected chi connectivity index (χ3v) is 4.12. The number of ether oxygens (including phenoxy) is 1. The van der Waals surface area contributed by atoms with Gasteiger partial charge < -0.3 is 9.64 Å². The van der Waals surface area contributed by atoms with Crippen molar-refractivity contribution in [1.82, 2.24) is 4.90 Å². The lowest BCUT2D eigenvalue weighted by Gasteiger charge is -2.32. The Kier molecular flexibility index (Phi) is 5.99. The maximum Gasteiger partial charge on any atom is 0.119 e. The molecule has 2 nitrogen and oxygen atoms in total. The number of halogens is 1. The van der Waals surface area contributed by atoms with Crippen LogP contribution in [0.5, 0.6) is 5.75 Å². The molecule has 0 spiro atoms. The van der Waals surface area contributed by atoms with Crippen molar-refractivity contribution >= 4 is 11.6 Å². The molecule has 1 aliphatic carbocycles. The topological polar surface area (TPSA) is 12.5 Å². The molecule has 1 aliphatic rings. The monoisotopic (exact) mass is 281 g/mol. The summed E-state index contributed by atoms with van der Waals surface area (Å²) in [4.78, 5) is 2.41. The molecule has 19 heavy (non-hydrogen) atoms. The fourth-order valence-electron chi connectivity index (χ4n) is 2.74. The summed E-state index contributed by atoms with van der Waals surface area (Å²) in [5.41, 5.74) is 0. The minimum absolute atomic E-state index is 0.0483. The van der Waals surface area contributed by atoms with Crippen LogP contribution in [0.2, 0.25) is 0 Å². The molecule has 1 saturated carbocycles. The molecule has 1 unspecified atom stereocenters. The molecule has 1 aromatic carbocycles. The third kappa shape index (κ3) is 5.04. The molecule has 0 amide bonds. The fourth-order valence-corrected chi connectivity index (χ4v) is 3.02. The van der Waals surface area contributed by atoms with E-state index in [0.29, 0.717) is 12.6 Å². The summed E-state index contributed by atoms with van der Waals surface area (Å²) >= 11 is 6.38. The van der Waals surface area contributed by atoms with Gasteiger partial charge in [-0.25, -0.2) is 0 Å². The molecule has 0 saturated heterocycles. The number of rotatable bonds is 6. The third-order valence-electron chi connectivity index (χ3n) is 3.86. The quantitative estimate of drug-likeness (QED) is 0.733. The normalized spacial score (nSPS) is 18.5. The van der Waals surface area contributed by atoms with Crippen LogP contribution in [0, 0.1) is 0 Å². The lowest BCUT2D eigenvalue weighted by atomic mass is 9.94. The Bertz CT molecular complexity index is 351. The van der Waals surface area contributed by atoms with E-state index in [1.54, 1.807) is 0 Å². The average Bonchev–Trinajstić information content (AvgIpc) is 2.47. The zero-order chi connectivity index (χ0) is 13.5. The number of hydrogen-bond acceptors (Lipinski definition) is 2. The largest absolute Gasteiger partial charge is 0.492 e. The molecule has 0 N–H and O–H groups in total. The number of nitrogens with zero attached hydrogens (tertiary/aromatic N) is 1. The van der Waals surface area contributed by atoms with Gasteiger partial charge in [0.1, 0.15) is 12.4 Å². The lowest BCUT2D eigenvalue weighted by Crippen LogP contribution is -2.38. The molecule has 0 radical (unpaired) electrons. The molecule has 0 aliphatic heterocycles. The van der Waals surface area contributed by atoms with Crippen LogP contribution in [0.25, 0.3) is 0 Å². The Morgan fingerprint density at radius 2 is 1.89 bits per heavy atom. The average molecular weight is 282 g/mol. The highest BCUT2D eigenvalue weighted by molar-refractivity contribution is 6.20. The van der Waals surface area contributed by atoms with Crippen LogP contribution < -0.4 is 4.74 Å². The van der Waals surface area contributed by atoms with E-state index < -0.39 is 0 Å². The van der Waals surface area contributed by atoms with Gasteiger partial charge in [-0.15, -0.1) is 11.6 Å². The Balaban J connectivity index is 1.70. The highest BCUT2D eigenvalue weighted by atomic mass is 35.5. The second-order valence-electron chi connectivity index (χ2n) is 5.45. The van der Waals surface area contributed by atoms with Crippen LogP contribution in [-0.2, 0) is 0 Å². The van der Waals surface area contributed by atoms with E-state index >= 15 is 0 Å². The first-order valence-electron chi connectivity index (χ1n) is 7.28. The summed E-state index contributed by atoms with van der Waals surface area (Å²) < 4.78 is 5.70. The zero-order valence-corrected chi connectivity index (χ0v) is 12.5. The van der Waals surface area contributed by atoms with Gasteiger partial charge >= 0.3 is 0 Å². The van der Waals surface area contributed by atoms with Gasteiger partial charge in [-0.05, 0) is 32.0 Å². The van der Waals surface area contributed by atoms with Gasteiger partial charge in [-0.2, -0.15) is 0 Å². The molecule has 1 aromatic rings. The van der Waals surface area contributed by atoms with Crippen LogP contribution in [0.3, 0.4) is 0 Å². The van der Waals surface area contributed by atoms with Crippen molar-refractivity contribution in [2.75, 3.05) is 20.2 Å². The molecular weight excluding hydrogens is 258 g/mol. The van der Waals surface area contributed by atoms with Crippen molar-refractivity contribution in [3.63, 3.8) is 0 Å². The van der Waals surface area contributed by atoms with Crippen LogP contribution >= 0.6 is 11.6 Å². The molecule has 106 valence electrons. The summed E-state index contributed by atoms with van der Waals surface area (Å²) in [7, 11) is 2.19. The number of para-hydroxylation sites is 1. The fraction of sp³-hybridized carbons (Fsp3) is 0.625.